The van der Waals surface area contributed by atoms with Crippen LogP contribution in [0.2, 0.25) is 0 Å². The summed E-state index contributed by atoms with van der Waals surface area (Å²) in [6.07, 6.45) is 0.0328. The molecule has 1 aromatic rings. The molecule has 17 heavy (non-hydrogen) atoms. The van der Waals surface area contributed by atoms with Crippen LogP contribution in [0.1, 0.15) is 18.4 Å². The second-order valence-electron chi connectivity index (χ2n) is 4.63. The van der Waals surface area contributed by atoms with Crippen molar-refractivity contribution in [3.8, 4) is 0 Å². The van der Waals surface area contributed by atoms with Gasteiger partial charge in [0, 0.05) is 19.1 Å². The summed E-state index contributed by atoms with van der Waals surface area (Å²) >= 11 is 0. The standard InChI is InChI=1S/C11H13F2NO2S/c1-17(15,16)9-5-3-2-4-8(9)10(14)6-11(12,13)7-10/h2-5H,6-7,14H2,1H3. The molecule has 6 heteroatoms. The summed E-state index contributed by atoms with van der Waals surface area (Å²) in [6, 6.07) is 6.07. The number of hydrogen-bond acceptors (Lipinski definition) is 3. The summed E-state index contributed by atoms with van der Waals surface area (Å²) in [6.45, 7) is 0. The lowest BCUT2D eigenvalue weighted by molar-refractivity contribution is -0.125. The molecule has 1 saturated carbocycles. The summed E-state index contributed by atoms with van der Waals surface area (Å²) in [5.74, 6) is -2.79. The molecule has 0 bridgehead atoms. The van der Waals surface area contributed by atoms with E-state index >= 15 is 0 Å². The Morgan fingerprint density at radius 3 is 2.24 bits per heavy atom. The second kappa shape index (κ2) is 3.49. The van der Waals surface area contributed by atoms with Gasteiger partial charge in [-0.1, -0.05) is 18.2 Å². The molecule has 0 aliphatic heterocycles. The highest BCUT2D eigenvalue weighted by molar-refractivity contribution is 7.90. The Morgan fingerprint density at radius 2 is 1.76 bits per heavy atom. The van der Waals surface area contributed by atoms with Gasteiger partial charge in [-0.3, -0.25) is 0 Å². The largest absolute Gasteiger partial charge is 0.321 e. The molecule has 1 aromatic carbocycles. The maximum Gasteiger partial charge on any atom is 0.252 e. The van der Waals surface area contributed by atoms with Gasteiger partial charge in [-0.25, -0.2) is 17.2 Å². The van der Waals surface area contributed by atoms with Gasteiger partial charge in [0.05, 0.1) is 10.4 Å². The first-order valence-electron chi connectivity index (χ1n) is 5.10. The Hall–Kier alpha value is -1.01. The molecule has 1 aliphatic carbocycles. The Kier molecular flexibility index (Phi) is 2.56. The lowest BCUT2D eigenvalue weighted by Crippen LogP contribution is -2.56. The molecular formula is C11H13F2NO2S. The summed E-state index contributed by atoms with van der Waals surface area (Å²) in [5, 5.41) is 0. The zero-order valence-corrected chi connectivity index (χ0v) is 10.1. The van der Waals surface area contributed by atoms with Crippen LogP contribution in [-0.4, -0.2) is 20.6 Å². The average Bonchev–Trinajstić information content (AvgIpc) is 2.13. The van der Waals surface area contributed by atoms with Gasteiger partial charge in [0.15, 0.2) is 9.84 Å². The molecule has 0 atom stereocenters. The molecule has 0 spiro atoms. The van der Waals surface area contributed by atoms with Crippen molar-refractivity contribution >= 4 is 9.84 Å². The highest BCUT2D eigenvalue weighted by Gasteiger charge is 2.56. The summed E-state index contributed by atoms with van der Waals surface area (Å²) in [7, 11) is -3.45. The van der Waals surface area contributed by atoms with Crippen LogP contribution in [0.25, 0.3) is 0 Å². The predicted octanol–water partition coefficient (Wildman–Crippen LogP) is 1.67. The van der Waals surface area contributed by atoms with Crippen molar-refractivity contribution in [1.82, 2.24) is 0 Å². The Labute approximate surface area is 98.5 Å². The van der Waals surface area contributed by atoms with Crippen LogP contribution in [0.4, 0.5) is 8.78 Å². The third-order valence-corrected chi connectivity index (χ3v) is 4.13. The average molecular weight is 261 g/mol. The van der Waals surface area contributed by atoms with Crippen molar-refractivity contribution in [3.05, 3.63) is 29.8 Å². The van der Waals surface area contributed by atoms with E-state index in [4.69, 9.17) is 5.73 Å². The SMILES string of the molecule is CS(=O)(=O)c1ccccc1C1(N)CC(F)(F)C1. The monoisotopic (exact) mass is 261 g/mol. The minimum absolute atomic E-state index is 0.0398. The second-order valence-corrected chi connectivity index (χ2v) is 6.62. The quantitative estimate of drug-likeness (QED) is 0.881. The minimum atomic E-state index is -3.45. The number of benzene rings is 1. The molecular weight excluding hydrogens is 248 g/mol. The summed E-state index contributed by atoms with van der Waals surface area (Å²) < 4.78 is 49.0. The number of rotatable bonds is 2. The van der Waals surface area contributed by atoms with Crippen LogP contribution >= 0.6 is 0 Å². The highest BCUT2D eigenvalue weighted by Crippen LogP contribution is 2.51. The normalized spacial score (nSPS) is 21.9. The van der Waals surface area contributed by atoms with E-state index in [0.717, 1.165) is 6.26 Å². The molecule has 2 N–H and O–H groups in total. The van der Waals surface area contributed by atoms with Crippen LogP contribution in [-0.2, 0) is 15.4 Å². The van der Waals surface area contributed by atoms with Gasteiger partial charge in [-0.2, -0.15) is 0 Å². The van der Waals surface area contributed by atoms with Crippen LogP contribution in [0, 0.1) is 0 Å². The molecule has 0 unspecified atom stereocenters. The van der Waals surface area contributed by atoms with E-state index in [9.17, 15) is 17.2 Å². The molecule has 1 aliphatic rings. The minimum Gasteiger partial charge on any atom is -0.321 e. The van der Waals surface area contributed by atoms with E-state index < -0.39 is 34.1 Å². The predicted molar refractivity (Wildman–Crippen MR) is 59.6 cm³/mol. The molecule has 2 rings (SSSR count). The first-order valence-corrected chi connectivity index (χ1v) is 7.00. The van der Waals surface area contributed by atoms with E-state index in [-0.39, 0.29) is 10.5 Å². The third kappa shape index (κ3) is 2.19. The highest BCUT2D eigenvalue weighted by atomic mass is 32.2. The summed E-state index contributed by atoms with van der Waals surface area (Å²) in [5.41, 5.74) is 4.91. The molecule has 0 amide bonds. The Bertz CT molecular complexity index is 546. The van der Waals surface area contributed by atoms with Gasteiger partial charge >= 0.3 is 0 Å². The fourth-order valence-corrected chi connectivity index (χ4v) is 3.26. The van der Waals surface area contributed by atoms with Crippen molar-refractivity contribution in [2.24, 2.45) is 5.73 Å². The molecule has 0 heterocycles. The third-order valence-electron chi connectivity index (χ3n) is 2.97. The smallest absolute Gasteiger partial charge is 0.252 e. The molecule has 0 radical (unpaired) electrons. The van der Waals surface area contributed by atoms with E-state index in [1.165, 1.54) is 12.1 Å². The number of nitrogens with two attached hydrogens (primary N) is 1. The molecule has 3 nitrogen and oxygen atoms in total. The van der Waals surface area contributed by atoms with Crippen LogP contribution in [0.5, 0.6) is 0 Å². The fraction of sp³-hybridized carbons (Fsp3) is 0.455. The van der Waals surface area contributed by atoms with Gasteiger partial charge in [-0.15, -0.1) is 0 Å². The lowest BCUT2D eigenvalue weighted by Gasteiger charge is -2.45. The maximum absolute atomic E-state index is 12.9. The van der Waals surface area contributed by atoms with E-state index in [2.05, 4.69) is 0 Å². The van der Waals surface area contributed by atoms with Crippen molar-refractivity contribution in [2.75, 3.05) is 6.26 Å². The first kappa shape index (κ1) is 12.4. The van der Waals surface area contributed by atoms with Gasteiger partial charge < -0.3 is 5.73 Å². The number of alkyl halides is 2. The Morgan fingerprint density at radius 1 is 1.24 bits per heavy atom. The zero-order chi connectivity index (χ0) is 12.9. The van der Waals surface area contributed by atoms with Gasteiger partial charge in [0.1, 0.15) is 0 Å². The zero-order valence-electron chi connectivity index (χ0n) is 9.28. The van der Waals surface area contributed by atoms with Crippen LogP contribution in [0.15, 0.2) is 29.2 Å². The lowest BCUT2D eigenvalue weighted by atomic mass is 9.70. The first-order chi connectivity index (χ1) is 7.64. The number of halogens is 2. The number of sulfone groups is 1. The van der Waals surface area contributed by atoms with E-state index in [0.29, 0.717) is 0 Å². The molecule has 0 saturated heterocycles. The van der Waals surface area contributed by atoms with Gasteiger partial charge in [0.2, 0.25) is 0 Å². The Balaban J connectivity index is 2.48. The molecule has 1 fully saturated rings. The molecule has 94 valence electrons. The van der Waals surface area contributed by atoms with Crippen molar-refractivity contribution in [1.29, 1.82) is 0 Å². The summed E-state index contributed by atoms with van der Waals surface area (Å²) in [4.78, 5) is 0.0398. The van der Waals surface area contributed by atoms with Gasteiger partial charge in [-0.05, 0) is 11.6 Å². The fourth-order valence-electron chi connectivity index (χ4n) is 2.26. The van der Waals surface area contributed by atoms with Crippen molar-refractivity contribution in [2.45, 2.75) is 29.2 Å². The van der Waals surface area contributed by atoms with Crippen molar-refractivity contribution in [3.63, 3.8) is 0 Å². The van der Waals surface area contributed by atoms with Gasteiger partial charge in [0.25, 0.3) is 5.92 Å². The van der Waals surface area contributed by atoms with E-state index in [1.54, 1.807) is 12.1 Å². The molecule has 0 aromatic heterocycles. The maximum atomic E-state index is 12.9. The van der Waals surface area contributed by atoms with Crippen LogP contribution in [0.3, 0.4) is 0 Å². The van der Waals surface area contributed by atoms with Crippen molar-refractivity contribution < 1.29 is 17.2 Å². The van der Waals surface area contributed by atoms with Crippen LogP contribution < -0.4 is 5.73 Å². The topological polar surface area (TPSA) is 60.2 Å². The number of hydrogen-bond donors (Lipinski definition) is 1. The van der Waals surface area contributed by atoms with E-state index in [1.807, 2.05) is 0 Å².